The van der Waals surface area contributed by atoms with Crippen molar-refractivity contribution in [3.63, 3.8) is 0 Å². The summed E-state index contributed by atoms with van der Waals surface area (Å²) in [5.74, 6) is -12.4. The smallest absolute Gasteiger partial charge is 0.313 e. The van der Waals surface area contributed by atoms with Crippen LogP contribution in [0.5, 0.6) is 5.75 Å². The molecule has 0 spiro atoms. The quantitative estimate of drug-likeness (QED) is 0.0183. The number of amides is 1. The average Bonchev–Trinajstić information content (AvgIpc) is 3.58. The molecular formula is C49H73F4N5O17S. The molecule has 0 radical (unpaired) electrons. The molecule has 2 aromatic rings. The number of aliphatic imine (C=N–C) groups is 1. The topological polar surface area (TPSA) is 247 Å². The van der Waals surface area contributed by atoms with Gasteiger partial charge in [-0.25, -0.2) is 18.8 Å². The SMILES string of the molecule is CCCN(OCC)C(=O)C1=Cc2ccc(N3CCN(CCOCCOCCOCCOCCOCCOCCOCCOCCOCCOCCC(=O)Oc4c(F)c(F)c(S(=O)(=O)O)c(F)c4F)CC3)cc2N=C(N)C1. The summed E-state index contributed by atoms with van der Waals surface area (Å²) in [7, 11) is -5.65. The second-order valence-electron chi connectivity index (χ2n) is 16.6. The number of carbonyl (C=O) groups excluding carboxylic acids is 2. The number of fused-ring (bicyclic) bond motifs is 1. The maximum absolute atomic E-state index is 14.0. The Labute approximate surface area is 441 Å². The number of esters is 1. The molecule has 27 heteroatoms. The predicted molar refractivity (Wildman–Crippen MR) is 267 cm³/mol. The van der Waals surface area contributed by atoms with Crippen LogP contribution in [0.25, 0.3) is 6.08 Å². The molecule has 0 atom stereocenters. The molecule has 3 N–H and O–H groups in total. The van der Waals surface area contributed by atoms with Crippen molar-refractivity contribution < 1.29 is 97.1 Å². The van der Waals surface area contributed by atoms with Crippen molar-refractivity contribution in [3.8, 4) is 5.75 Å². The van der Waals surface area contributed by atoms with Crippen molar-refractivity contribution in [2.24, 2.45) is 10.7 Å². The van der Waals surface area contributed by atoms with Gasteiger partial charge in [0, 0.05) is 62.5 Å². The number of hydroxylamine groups is 2. The van der Waals surface area contributed by atoms with Gasteiger partial charge < -0.3 is 62.7 Å². The molecule has 2 aliphatic rings. The third kappa shape index (κ3) is 23.6. The lowest BCUT2D eigenvalue weighted by Crippen LogP contribution is -2.47. The van der Waals surface area contributed by atoms with E-state index in [0.717, 1.165) is 56.1 Å². The zero-order valence-electron chi connectivity index (χ0n) is 43.3. The highest BCUT2D eigenvalue weighted by atomic mass is 32.2. The third-order valence-corrected chi connectivity index (χ3v) is 11.8. The van der Waals surface area contributed by atoms with Gasteiger partial charge in [-0.1, -0.05) is 13.0 Å². The van der Waals surface area contributed by atoms with Crippen LogP contribution in [0.3, 0.4) is 0 Å². The van der Waals surface area contributed by atoms with Gasteiger partial charge in [-0.05, 0) is 31.6 Å². The second-order valence-corrected chi connectivity index (χ2v) is 17.9. The van der Waals surface area contributed by atoms with E-state index in [-0.39, 0.29) is 45.4 Å². The number of ether oxygens (including phenoxy) is 11. The van der Waals surface area contributed by atoms with E-state index in [9.17, 15) is 35.6 Å². The Morgan fingerprint density at radius 3 is 1.54 bits per heavy atom. The first-order valence-corrected chi connectivity index (χ1v) is 26.6. The summed E-state index contributed by atoms with van der Waals surface area (Å²) in [6, 6.07) is 6.13. The Balaban J connectivity index is 0.844. The fraction of sp³-hybridized carbons (Fsp3) is 0.653. The highest BCUT2D eigenvalue weighted by Crippen LogP contribution is 2.34. The van der Waals surface area contributed by atoms with Crippen molar-refractivity contribution in [3.05, 3.63) is 52.6 Å². The fourth-order valence-corrected chi connectivity index (χ4v) is 7.82. The van der Waals surface area contributed by atoms with Crippen LogP contribution >= 0.6 is 0 Å². The van der Waals surface area contributed by atoms with E-state index < -0.39 is 56.4 Å². The molecule has 2 aromatic carbocycles. The first-order chi connectivity index (χ1) is 36.7. The fourth-order valence-electron chi connectivity index (χ4n) is 7.19. The number of anilines is 1. The molecule has 0 unspecified atom stereocenters. The van der Waals surface area contributed by atoms with Crippen molar-refractivity contribution in [2.45, 2.75) is 38.0 Å². The van der Waals surface area contributed by atoms with Gasteiger partial charge in [0.1, 0.15) is 5.84 Å². The number of rotatable bonds is 41. The molecule has 1 saturated heterocycles. The third-order valence-electron chi connectivity index (χ3n) is 10.9. The molecule has 4 rings (SSSR count). The maximum atomic E-state index is 14.0. The summed E-state index contributed by atoms with van der Waals surface area (Å²) in [5, 5.41) is 1.41. The van der Waals surface area contributed by atoms with E-state index >= 15 is 0 Å². The number of halogens is 4. The van der Waals surface area contributed by atoms with Gasteiger partial charge >= 0.3 is 16.1 Å². The minimum absolute atomic E-state index is 0.0239. The van der Waals surface area contributed by atoms with Crippen molar-refractivity contribution >= 4 is 45.3 Å². The molecule has 1 amide bonds. The summed E-state index contributed by atoms with van der Waals surface area (Å²) >= 11 is 0. The number of hydrogen-bond acceptors (Lipinski definition) is 20. The van der Waals surface area contributed by atoms with E-state index in [1.165, 1.54) is 5.06 Å². The molecule has 0 saturated carbocycles. The number of nitrogens with two attached hydrogens (primary N) is 1. The summed E-state index contributed by atoms with van der Waals surface area (Å²) in [6.07, 6.45) is 2.35. The van der Waals surface area contributed by atoms with Crippen molar-refractivity contribution in [1.82, 2.24) is 9.96 Å². The number of piperazine rings is 1. The van der Waals surface area contributed by atoms with Crippen LogP contribution < -0.4 is 15.4 Å². The molecule has 0 bridgehead atoms. The lowest BCUT2D eigenvalue weighted by Gasteiger charge is -2.36. The lowest BCUT2D eigenvalue weighted by atomic mass is 10.1. The van der Waals surface area contributed by atoms with E-state index in [1.807, 2.05) is 32.1 Å². The van der Waals surface area contributed by atoms with E-state index in [4.69, 9.17) is 62.5 Å². The van der Waals surface area contributed by atoms with Crippen LogP contribution in [0.1, 0.15) is 38.7 Å². The maximum Gasteiger partial charge on any atom is 0.313 e. The highest BCUT2D eigenvalue weighted by Gasteiger charge is 2.34. The van der Waals surface area contributed by atoms with Gasteiger partial charge in [0.15, 0.2) is 16.5 Å². The molecule has 76 heavy (non-hydrogen) atoms. The van der Waals surface area contributed by atoms with Crippen LogP contribution in [-0.4, -0.2) is 219 Å². The predicted octanol–water partition coefficient (Wildman–Crippen LogP) is 3.74. The Morgan fingerprint density at radius 1 is 0.658 bits per heavy atom. The summed E-state index contributed by atoms with van der Waals surface area (Å²) < 4.78 is 145. The number of amidine groups is 1. The molecule has 430 valence electrons. The molecule has 2 heterocycles. The van der Waals surface area contributed by atoms with Crippen molar-refractivity contribution in [1.29, 1.82) is 0 Å². The Hall–Kier alpha value is -4.46. The van der Waals surface area contributed by atoms with Gasteiger partial charge in [0.05, 0.1) is 151 Å². The summed E-state index contributed by atoms with van der Waals surface area (Å²) in [6.45, 7) is 16.0. The summed E-state index contributed by atoms with van der Waals surface area (Å²) in [5.41, 5.74) is 9.51. The second kappa shape index (κ2) is 36.6. The Bertz CT molecular complexity index is 2190. The lowest BCUT2D eigenvalue weighted by molar-refractivity contribution is -0.180. The molecule has 22 nitrogen and oxygen atoms in total. The van der Waals surface area contributed by atoms with Crippen LogP contribution in [0.15, 0.2) is 33.7 Å². The van der Waals surface area contributed by atoms with Gasteiger partial charge in [0.2, 0.25) is 17.4 Å². The first kappa shape index (κ1) is 64.1. The Morgan fingerprint density at radius 2 is 1.11 bits per heavy atom. The monoisotopic (exact) mass is 1110 g/mol. The number of benzene rings is 2. The van der Waals surface area contributed by atoms with E-state index in [2.05, 4.69) is 25.6 Å². The first-order valence-electron chi connectivity index (χ1n) is 25.2. The van der Waals surface area contributed by atoms with Crippen LogP contribution in [0, 0.1) is 23.3 Å². The minimum atomic E-state index is -5.65. The zero-order valence-corrected chi connectivity index (χ0v) is 44.1. The number of carbonyl (C=O) groups is 2. The summed E-state index contributed by atoms with van der Waals surface area (Å²) in [4.78, 5) is 37.7. The van der Waals surface area contributed by atoms with Crippen molar-refractivity contribution in [2.75, 3.05) is 183 Å². The molecule has 0 aromatic heterocycles. The van der Waals surface area contributed by atoms with Gasteiger partial charge in [0.25, 0.3) is 5.91 Å². The molecule has 2 aliphatic heterocycles. The van der Waals surface area contributed by atoms with Crippen LogP contribution in [0.2, 0.25) is 0 Å². The standard InChI is InChI=1S/C49H73F4N5O17S/c1-3-8-58(74-4-2)49(60)38-34-37-5-6-39(36-40(37)55-41(54)35-38)57-11-9-56(10-12-57)13-15-65-17-19-67-21-23-69-25-27-71-29-31-73-33-32-72-30-28-70-26-24-68-22-20-66-18-16-64-14-7-42(59)75-47-43(50)45(52)48(76(61,62)63)46(53)44(47)51/h5-6,34,36H,3-4,7-33,35H2,1-2H3,(H2,54,55)(H,61,62,63). The van der Waals surface area contributed by atoms with Crippen LogP contribution in [0.4, 0.5) is 28.9 Å². The zero-order chi connectivity index (χ0) is 55.0. The minimum Gasteiger partial charge on any atom is -0.420 e. The Kier molecular flexibility index (Phi) is 30.9. The van der Waals surface area contributed by atoms with Gasteiger partial charge in [-0.2, -0.15) is 17.2 Å². The average molecular weight is 1110 g/mol. The number of nitrogens with zero attached hydrogens (tertiary/aromatic N) is 4. The molecule has 1 fully saturated rings. The van der Waals surface area contributed by atoms with E-state index in [0.29, 0.717) is 124 Å². The van der Waals surface area contributed by atoms with Gasteiger partial charge in [-0.15, -0.1) is 0 Å². The molecule has 0 aliphatic carbocycles. The normalized spacial score (nSPS) is 14.1. The molecular weight excluding hydrogens is 1040 g/mol. The largest absolute Gasteiger partial charge is 0.420 e. The highest BCUT2D eigenvalue weighted by molar-refractivity contribution is 7.85. The van der Waals surface area contributed by atoms with E-state index in [1.54, 1.807) is 0 Å². The van der Waals surface area contributed by atoms with Gasteiger partial charge in [-0.3, -0.25) is 23.9 Å². The van der Waals surface area contributed by atoms with Crippen LogP contribution in [-0.2, 0) is 71.9 Å². The number of hydrogen-bond donors (Lipinski definition) is 2.